The topological polar surface area (TPSA) is 108 Å². The third-order valence-corrected chi connectivity index (χ3v) is 8.17. The van der Waals surface area contributed by atoms with Crippen molar-refractivity contribution in [3.8, 4) is 22.6 Å². The minimum Gasteiger partial charge on any atom is -0.390 e. The van der Waals surface area contributed by atoms with Crippen LogP contribution < -0.4 is 10.6 Å². The molecule has 0 atom stereocenters. The average Bonchev–Trinajstić information content (AvgIpc) is 3.65. The zero-order valence-electron chi connectivity index (χ0n) is 23.2. The summed E-state index contributed by atoms with van der Waals surface area (Å²) in [5, 5.41) is 18.0. The second kappa shape index (κ2) is 11.8. The summed E-state index contributed by atoms with van der Waals surface area (Å²) in [6, 6.07) is 27.6. The number of amides is 1. The van der Waals surface area contributed by atoms with E-state index >= 15 is 0 Å². The van der Waals surface area contributed by atoms with Gasteiger partial charge in [-0.3, -0.25) is 14.1 Å². The zero-order valence-corrected chi connectivity index (χ0v) is 24.0. The Kier molecular flexibility index (Phi) is 7.38. The smallest absolute Gasteiger partial charge is 0.229 e. The van der Waals surface area contributed by atoms with E-state index in [-0.39, 0.29) is 12.0 Å². The molecule has 2 aromatic carbocycles. The highest BCUT2D eigenvalue weighted by atomic mass is 32.1. The fourth-order valence-electron chi connectivity index (χ4n) is 5.32. The zero-order chi connectivity index (χ0) is 29.2. The third-order valence-electron chi connectivity index (χ3n) is 7.29. The minimum absolute atomic E-state index is 0.0622. The number of aliphatic hydroxyl groups excluding tert-OH is 1. The van der Waals surface area contributed by atoms with Gasteiger partial charge in [-0.15, -0.1) is 11.3 Å². The maximum absolute atomic E-state index is 12.7. The Balaban J connectivity index is 1.18. The van der Waals surface area contributed by atoms with E-state index < -0.39 is 0 Å². The Morgan fingerprint density at radius 2 is 1.84 bits per heavy atom. The number of benzene rings is 2. The van der Waals surface area contributed by atoms with Gasteiger partial charge in [0.1, 0.15) is 5.65 Å². The number of hydrogen-bond acceptors (Lipinski definition) is 8. The molecular formula is C33H29N7O2S. The van der Waals surface area contributed by atoms with Gasteiger partial charge in [-0.05, 0) is 59.5 Å². The standard InChI is InChI=1S/C33H29N7O2S/c41-26-20-39(21-26)19-22-6-3-8-24(16-22)36-33-34-13-12-28(37-33)32-31(38-29-11-1-2-14-40(29)32)23-7-4-9-25(17-23)35-30(42)18-27-10-5-15-43-27/h1-17,26,41H,18-21H2,(H,35,42)(H,34,36,37). The number of imidazole rings is 1. The lowest BCUT2D eigenvalue weighted by Gasteiger charge is -2.35. The Bertz CT molecular complexity index is 1900. The molecule has 1 saturated heterocycles. The van der Waals surface area contributed by atoms with Crippen molar-refractivity contribution in [3.63, 3.8) is 0 Å². The normalized spacial score (nSPS) is 13.6. The van der Waals surface area contributed by atoms with Gasteiger partial charge in [0.15, 0.2) is 0 Å². The molecule has 0 saturated carbocycles. The maximum Gasteiger partial charge on any atom is 0.229 e. The number of carbonyl (C=O) groups excluding carboxylic acids is 1. The van der Waals surface area contributed by atoms with Crippen molar-refractivity contribution in [2.24, 2.45) is 0 Å². The molecule has 0 unspecified atom stereocenters. The lowest BCUT2D eigenvalue weighted by Crippen LogP contribution is -2.49. The molecule has 1 aliphatic rings. The van der Waals surface area contributed by atoms with E-state index in [2.05, 4.69) is 32.7 Å². The summed E-state index contributed by atoms with van der Waals surface area (Å²) in [7, 11) is 0. The highest BCUT2D eigenvalue weighted by Gasteiger charge is 2.24. The second-order valence-electron chi connectivity index (χ2n) is 10.6. The van der Waals surface area contributed by atoms with Gasteiger partial charge in [0, 0.05) is 53.8 Å². The minimum atomic E-state index is -0.223. The van der Waals surface area contributed by atoms with E-state index in [4.69, 9.17) is 9.97 Å². The predicted molar refractivity (Wildman–Crippen MR) is 169 cm³/mol. The number of carbonyl (C=O) groups is 1. The Hall–Kier alpha value is -4.90. The summed E-state index contributed by atoms with van der Waals surface area (Å²) in [6.07, 6.45) is 3.82. The largest absolute Gasteiger partial charge is 0.390 e. The Morgan fingerprint density at radius 1 is 0.953 bits per heavy atom. The van der Waals surface area contributed by atoms with Crippen molar-refractivity contribution in [1.29, 1.82) is 0 Å². The number of aliphatic hydroxyl groups is 1. The van der Waals surface area contributed by atoms with Crippen LogP contribution in [0, 0.1) is 0 Å². The molecular weight excluding hydrogens is 558 g/mol. The average molecular weight is 588 g/mol. The molecule has 7 rings (SSSR count). The summed E-state index contributed by atoms with van der Waals surface area (Å²) < 4.78 is 2.02. The van der Waals surface area contributed by atoms with E-state index in [1.807, 2.05) is 88.8 Å². The summed E-state index contributed by atoms with van der Waals surface area (Å²) in [5.41, 5.74) is 6.70. The number of β-amino-alcohol motifs (C(OH)–C–C–N with tert-alkyl or cyclic N) is 1. The van der Waals surface area contributed by atoms with Gasteiger partial charge in [0.25, 0.3) is 0 Å². The number of anilines is 3. The van der Waals surface area contributed by atoms with Crippen LogP contribution in [0.5, 0.6) is 0 Å². The second-order valence-corrected chi connectivity index (χ2v) is 11.6. The highest BCUT2D eigenvalue weighted by Crippen LogP contribution is 2.33. The SMILES string of the molecule is O=C(Cc1cccs1)Nc1cccc(-c2nc3ccccn3c2-c2ccnc(Nc3cccc(CN4CC(O)C4)c3)n2)c1. The lowest BCUT2D eigenvalue weighted by atomic mass is 10.1. The molecule has 0 bridgehead atoms. The highest BCUT2D eigenvalue weighted by molar-refractivity contribution is 7.10. The van der Waals surface area contributed by atoms with Crippen LogP contribution in [0.4, 0.5) is 17.3 Å². The molecule has 10 heteroatoms. The summed E-state index contributed by atoms with van der Waals surface area (Å²) >= 11 is 1.57. The summed E-state index contributed by atoms with van der Waals surface area (Å²) in [4.78, 5) is 30.3. The molecule has 43 heavy (non-hydrogen) atoms. The molecule has 0 spiro atoms. The van der Waals surface area contributed by atoms with Gasteiger partial charge in [0.2, 0.25) is 11.9 Å². The number of aromatic nitrogens is 4. The van der Waals surface area contributed by atoms with Gasteiger partial charge in [-0.1, -0.05) is 36.4 Å². The van der Waals surface area contributed by atoms with Crippen molar-refractivity contribution in [1.82, 2.24) is 24.3 Å². The number of fused-ring (bicyclic) bond motifs is 1. The van der Waals surface area contributed by atoms with Gasteiger partial charge in [-0.25, -0.2) is 15.0 Å². The van der Waals surface area contributed by atoms with Crippen molar-refractivity contribution in [2.45, 2.75) is 19.1 Å². The molecule has 0 radical (unpaired) electrons. The van der Waals surface area contributed by atoms with Crippen LogP contribution in [0.25, 0.3) is 28.3 Å². The lowest BCUT2D eigenvalue weighted by molar-refractivity contribution is -0.115. The summed E-state index contributed by atoms with van der Waals surface area (Å²) in [6.45, 7) is 2.19. The van der Waals surface area contributed by atoms with Gasteiger partial charge in [0.05, 0.1) is 29.6 Å². The van der Waals surface area contributed by atoms with Crippen LogP contribution in [0.15, 0.2) is 103 Å². The van der Waals surface area contributed by atoms with Crippen LogP contribution >= 0.6 is 11.3 Å². The number of nitrogens with zero attached hydrogens (tertiary/aromatic N) is 5. The molecule has 4 aromatic heterocycles. The Labute approximate surface area is 252 Å². The van der Waals surface area contributed by atoms with E-state index in [1.54, 1.807) is 17.5 Å². The molecule has 9 nitrogen and oxygen atoms in total. The number of pyridine rings is 1. The fourth-order valence-corrected chi connectivity index (χ4v) is 6.02. The molecule has 5 heterocycles. The van der Waals surface area contributed by atoms with Crippen molar-refractivity contribution < 1.29 is 9.90 Å². The van der Waals surface area contributed by atoms with Crippen LogP contribution in [0.2, 0.25) is 0 Å². The van der Waals surface area contributed by atoms with Gasteiger partial charge < -0.3 is 15.7 Å². The predicted octanol–water partition coefficient (Wildman–Crippen LogP) is 5.62. The van der Waals surface area contributed by atoms with E-state index in [0.29, 0.717) is 36.8 Å². The number of thiophene rings is 1. The van der Waals surface area contributed by atoms with Crippen molar-refractivity contribution in [2.75, 3.05) is 23.7 Å². The Morgan fingerprint density at radius 3 is 2.70 bits per heavy atom. The molecule has 6 aromatic rings. The number of likely N-dealkylation sites (tertiary alicyclic amines) is 1. The number of rotatable bonds is 9. The molecule has 1 amide bonds. The van der Waals surface area contributed by atoms with Crippen LogP contribution in [-0.2, 0) is 17.8 Å². The van der Waals surface area contributed by atoms with Crippen LogP contribution in [0.1, 0.15) is 10.4 Å². The first kappa shape index (κ1) is 27.0. The quantitative estimate of drug-likeness (QED) is 0.202. The first-order valence-corrected chi connectivity index (χ1v) is 14.9. The van der Waals surface area contributed by atoms with Gasteiger partial charge in [-0.2, -0.15) is 0 Å². The van der Waals surface area contributed by atoms with Crippen LogP contribution in [0.3, 0.4) is 0 Å². The fraction of sp³-hybridized carbons (Fsp3) is 0.152. The first-order chi connectivity index (χ1) is 21.1. The molecule has 3 N–H and O–H groups in total. The monoisotopic (exact) mass is 587 g/mol. The number of nitrogens with one attached hydrogen (secondary N) is 2. The summed E-state index contributed by atoms with van der Waals surface area (Å²) in [5.74, 6) is 0.410. The van der Waals surface area contributed by atoms with Crippen LogP contribution in [-0.4, -0.2) is 54.5 Å². The molecule has 1 aliphatic heterocycles. The van der Waals surface area contributed by atoms with E-state index in [9.17, 15) is 9.90 Å². The van der Waals surface area contributed by atoms with Crippen molar-refractivity contribution in [3.05, 3.63) is 113 Å². The van der Waals surface area contributed by atoms with E-state index in [1.165, 1.54) is 0 Å². The third kappa shape index (κ3) is 6.02. The molecule has 1 fully saturated rings. The van der Waals surface area contributed by atoms with Gasteiger partial charge >= 0.3 is 0 Å². The van der Waals surface area contributed by atoms with Crippen molar-refractivity contribution >= 4 is 40.2 Å². The first-order valence-electron chi connectivity index (χ1n) is 14.1. The molecule has 0 aliphatic carbocycles. The number of hydrogen-bond donors (Lipinski definition) is 3. The molecule has 214 valence electrons. The maximum atomic E-state index is 12.7. The van der Waals surface area contributed by atoms with E-state index in [0.717, 1.165) is 45.3 Å².